The number of carbonyl (C=O) groups is 2. The Hall–Kier alpha value is -1.78. The summed E-state index contributed by atoms with van der Waals surface area (Å²) < 4.78 is 5.40. The van der Waals surface area contributed by atoms with Crippen LogP contribution < -0.4 is 5.32 Å². The molecule has 1 aromatic rings. The Morgan fingerprint density at radius 2 is 2.14 bits per heavy atom. The van der Waals surface area contributed by atoms with E-state index in [1.165, 1.54) is 12.5 Å². The molecule has 5 nitrogen and oxygen atoms in total. The van der Waals surface area contributed by atoms with Crippen molar-refractivity contribution in [2.24, 2.45) is 5.41 Å². The molecule has 1 amide bonds. The van der Waals surface area contributed by atoms with Crippen LogP contribution in [0.4, 0.5) is 0 Å². The van der Waals surface area contributed by atoms with Gasteiger partial charge in [-0.3, -0.25) is 4.79 Å². The fourth-order valence-electron chi connectivity index (χ4n) is 2.98. The maximum absolute atomic E-state index is 12.3. The average Bonchev–Trinajstić information content (AvgIpc) is 2.85. The van der Waals surface area contributed by atoms with E-state index in [-0.39, 0.29) is 28.7 Å². The van der Waals surface area contributed by atoms with Crippen molar-refractivity contribution in [2.45, 2.75) is 58.9 Å². The van der Waals surface area contributed by atoms with Crippen molar-refractivity contribution < 1.29 is 19.1 Å². The number of aromatic carboxylic acids is 1. The van der Waals surface area contributed by atoms with Gasteiger partial charge in [-0.1, -0.05) is 33.6 Å². The summed E-state index contributed by atoms with van der Waals surface area (Å²) >= 11 is 0. The van der Waals surface area contributed by atoms with Gasteiger partial charge in [-0.25, -0.2) is 4.79 Å². The lowest BCUT2D eigenvalue weighted by molar-refractivity contribution is 0.0694. The van der Waals surface area contributed by atoms with Gasteiger partial charge in [0.15, 0.2) is 5.76 Å². The summed E-state index contributed by atoms with van der Waals surface area (Å²) in [6.07, 6.45) is 4.77. The predicted molar refractivity (Wildman–Crippen MR) is 78.5 cm³/mol. The van der Waals surface area contributed by atoms with Gasteiger partial charge >= 0.3 is 5.97 Å². The highest BCUT2D eigenvalue weighted by Gasteiger charge is 2.34. The molecule has 116 valence electrons. The monoisotopic (exact) mass is 293 g/mol. The number of nitrogens with one attached hydrogen (secondary N) is 1. The summed E-state index contributed by atoms with van der Waals surface area (Å²) in [4.78, 5) is 23.4. The predicted octanol–water partition coefficient (Wildman–Crippen LogP) is 3.24. The van der Waals surface area contributed by atoms with Crippen molar-refractivity contribution in [1.29, 1.82) is 0 Å². The molecule has 1 heterocycles. The van der Waals surface area contributed by atoms with Gasteiger partial charge in [0, 0.05) is 18.5 Å². The molecule has 21 heavy (non-hydrogen) atoms. The quantitative estimate of drug-likeness (QED) is 0.893. The average molecular weight is 293 g/mol. The molecular formula is C16H23NO4. The van der Waals surface area contributed by atoms with Crippen LogP contribution in [-0.2, 0) is 6.42 Å². The van der Waals surface area contributed by atoms with Crippen LogP contribution in [0.25, 0.3) is 0 Å². The van der Waals surface area contributed by atoms with E-state index in [9.17, 15) is 9.59 Å². The summed E-state index contributed by atoms with van der Waals surface area (Å²) in [5.74, 6) is -0.953. The number of carbonyl (C=O) groups excluding carboxylic acids is 1. The third-order valence-corrected chi connectivity index (χ3v) is 4.40. The van der Waals surface area contributed by atoms with E-state index in [0.29, 0.717) is 12.2 Å². The number of carboxylic acid groups (broad SMARTS) is 1. The first-order valence-corrected chi connectivity index (χ1v) is 7.52. The molecule has 0 bridgehead atoms. The second kappa shape index (κ2) is 5.92. The van der Waals surface area contributed by atoms with Gasteiger partial charge in [-0.15, -0.1) is 0 Å². The number of amides is 1. The van der Waals surface area contributed by atoms with Gasteiger partial charge in [0.2, 0.25) is 0 Å². The minimum absolute atomic E-state index is 0.0592. The fraction of sp³-hybridized carbons (Fsp3) is 0.625. The summed E-state index contributed by atoms with van der Waals surface area (Å²) in [7, 11) is 0. The van der Waals surface area contributed by atoms with E-state index in [1.807, 2.05) is 0 Å². The SMILES string of the molecule is CCc1oc(C(=O)NC2CCCCC2(C)C)cc1C(=O)O. The van der Waals surface area contributed by atoms with Crippen molar-refractivity contribution in [3.8, 4) is 0 Å². The molecule has 2 rings (SSSR count). The molecule has 2 N–H and O–H groups in total. The standard InChI is InChI=1S/C16H23NO4/c1-4-11-10(15(19)20)9-12(21-11)14(18)17-13-7-5-6-8-16(13,2)3/h9,13H,4-8H2,1-3H3,(H,17,18)(H,19,20). The van der Waals surface area contributed by atoms with Crippen LogP contribution >= 0.6 is 0 Å². The van der Waals surface area contributed by atoms with Crippen LogP contribution in [-0.4, -0.2) is 23.0 Å². The van der Waals surface area contributed by atoms with Crippen LogP contribution in [0.1, 0.15) is 73.1 Å². The molecule has 0 radical (unpaired) electrons. The molecule has 1 aliphatic rings. The molecule has 0 spiro atoms. The minimum Gasteiger partial charge on any atom is -0.478 e. The highest BCUT2D eigenvalue weighted by Crippen LogP contribution is 2.35. The van der Waals surface area contributed by atoms with Crippen LogP contribution in [0.5, 0.6) is 0 Å². The largest absolute Gasteiger partial charge is 0.478 e. The Labute approximate surface area is 124 Å². The van der Waals surface area contributed by atoms with Crippen molar-refractivity contribution in [1.82, 2.24) is 5.32 Å². The minimum atomic E-state index is -1.06. The number of aryl methyl sites for hydroxylation is 1. The summed E-state index contributed by atoms with van der Waals surface area (Å²) in [5, 5.41) is 12.1. The van der Waals surface area contributed by atoms with Gasteiger partial charge in [0.25, 0.3) is 5.91 Å². The Morgan fingerprint density at radius 1 is 1.43 bits per heavy atom. The van der Waals surface area contributed by atoms with Crippen LogP contribution in [0, 0.1) is 5.41 Å². The lowest BCUT2D eigenvalue weighted by Gasteiger charge is -2.38. The Balaban J connectivity index is 2.15. The number of rotatable bonds is 4. The number of furan rings is 1. The van der Waals surface area contributed by atoms with Crippen LogP contribution in [0.2, 0.25) is 0 Å². The zero-order valence-corrected chi connectivity index (χ0v) is 12.9. The van der Waals surface area contributed by atoms with Crippen LogP contribution in [0.15, 0.2) is 10.5 Å². The molecule has 1 atom stereocenters. The highest BCUT2D eigenvalue weighted by atomic mass is 16.4. The zero-order valence-electron chi connectivity index (χ0n) is 12.9. The third kappa shape index (κ3) is 3.28. The van der Waals surface area contributed by atoms with Crippen molar-refractivity contribution >= 4 is 11.9 Å². The zero-order chi connectivity index (χ0) is 15.6. The van der Waals surface area contributed by atoms with E-state index < -0.39 is 5.97 Å². The number of carboxylic acids is 1. The molecule has 1 fully saturated rings. The van der Waals surface area contributed by atoms with Crippen LogP contribution in [0.3, 0.4) is 0 Å². The highest BCUT2D eigenvalue weighted by molar-refractivity contribution is 5.96. The van der Waals surface area contributed by atoms with Gasteiger partial charge < -0.3 is 14.8 Å². The Kier molecular flexibility index (Phi) is 4.40. The van der Waals surface area contributed by atoms with Gasteiger partial charge in [-0.05, 0) is 18.3 Å². The maximum Gasteiger partial charge on any atom is 0.339 e. The lowest BCUT2D eigenvalue weighted by Crippen LogP contribution is -2.46. The van der Waals surface area contributed by atoms with E-state index in [4.69, 9.17) is 9.52 Å². The third-order valence-electron chi connectivity index (χ3n) is 4.40. The van der Waals surface area contributed by atoms with E-state index >= 15 is 0 Å². The van der Waals surface area contributed by atoms with E-state index in [2.05, 4.69) is 19.2 Å². The summed E-state index contributed by atoms with van der Waals surface area (Å²) in [6.45, 7) is 6.11. The second-order valence-corrected chi connectivity index (χ2v) is 6.37. The van der Waals surface area contributed by atoms with Crippen molar-refractivity contribution in [3.05, 3.63) is 23.2 Å². The number of hydrogen-bond donors (Lipinski definition) is 2. The molecule has 0 aromatic carbocycles. The van der Waals surface area contributed by atoms with Crippen molar-refractivity contribution in [2.75, 3.05) is 0 Å². The lowest BCUT2D eigenvalue weighted by atomic mass is 9.73. The molecular weight excluding hydrogens is 270 g/mol. The Bertz CT molecular complexity index is 544. The molecule has 1 aliphatic carbocycles. The summed E-state index contributed by atoms with van der Waals surface area (Å²) in [6, 6.07) is 1.42. The molecule has 5 heteroatoms. The molecule has 1 aromatic heterocycles. The number of hydrogen-bond acceptors (Lipinski definition) is 3. The molecule has 1 saturated carbocycles. The van der Waals surface area contributed by atoms with Gasteiger partial charge in [0.1, 0.15) is 11.3 Å². The van der Waals surface area contributed by atoms with E-state index in [1.54, 1.807) is 6.92 Å². The van der Waals surface area contributed by atoms with Gasteiger partial charge in [0.05, 0.1) is 0 Å². The topological polar surface area (TPSA) is 79.5 Å². The normalized spacial score (nSPS) is 21.0. The first-order chi connectivity index (χ1) is 9.85. The molecule has 0 aliphatic heterocycles. The first kappa shape index (κ1) is 15.6. The smallest absolute Gasteiger partial charge is 0.339 e. The fourth-order valence-corrected chi connectivity index (χ4v) is 2.98. The second-order valence-electron chi connectivity index (χ2n) is 6.37. The molecule has 0 saturated heterocycles. The van der Waals surface area contributed by atoms with E-state index in [0.717, 1.165) is 19.3 Å². The maximum atomic E-state index is 12.3. The Morgan fingerprint density at radius 3 is 2.67 bits per heavy atom. The van der Waals surface area contributed by atoms with Gasteiger partial charge in [-0.2, -0.15) is 0 Å². The van der Waals surface area contributed by atoms with Crippen molar-refractivity contribution in [3.63, 3.8) is 0 Å². The first-order valence-electron chi connectivity index (χ1n) is 7.52. The molecule has 1 unspecified atom stereocenters. The summed E-state index contributed by atoms with van der Waals surface area (Å²) in [5.41, 5.74) is 0.134.